The minimum atomic E-state index is -4.35. The van der Waals surface area contributed by atoms with Gasteiger partial charge in [-0.05, 0) is 12.1 Å². The van der Waals surface area contributed by atoms with Crippen LogP contribution < -0.4 is 11.1 Å². The number of nitrogens with two attached hydrogens (primary N) is 1. The molecule has 2 nitrogen and oxygen atoms in total. The normalized spacial score (nSPS) is 11.4. The van der Waals surface area contributed by atoms with Gasteiger partial charge in [-0.1, -0.05) is 6.07 Å². The first kappa shape index (κ1) is 10.6. The van der Waals surface area contributed by atoms with Gasteiger partial charge in [0.2, 0.25) is 0 Å². The second-order valence-electron chi connectivity index (χ2n) is 2.67. The lowest BCUT2D eigenvalue weighted by molar-refractivity contribution is -0.115. The maximum atomic E-state index is 12.8. The molecule has 78 valence electrons. The molecule has 0 aliphatic heterocycles. The van der Waals surface area contributed by atoms with Crippen molar-refractivity contribution in [3.8, 4) is 0 Å². The third-order valence-electron chi connectivity index (χ3n) is 1.53. The molecule has 0 heterocycles. The van der Waals surface area contributed by atoms with E-state index in [0.717, 1.165) is 6.07 Å². The van der Waals surface area contributed by atoms with Crippen molar-refractivity contribution >= 4 is 11.4 Å². The highest BCUT2D eigenvalue weighted by molar-refractivity contribution is 5.66. The summed E-state index contributed by atoms with van der Waals surface area (Å²) in [6, 6.07) is 3.64. The second-order valence-corrected chi connectivity index (χ2v) is 2.67. The topological polar surface area (TPSA) is 38.0 Å². The molecular formula is C8H8F4N2. The zero-order valence-corrected chi connectivity index (χ0v) is 7.03. The van der Waals surface area contributed by atoms with Crippen LogP contribution in [0.2, 0.25) is 0 Å². The molecule has 0 saturated heterocycles. The summed E-state index contributed by atoms with van der Waals surface area (Å²) in [7, 11) is 0. The van der Waals surface area contributed by atoms with E-state index < -0.39 is 18.5 Å². The highest BCUT2D eigenvalue weighted by atomic mass is 19.4. The Morgan fingerprint density at radius 2 is 1.93 bits per heavy atom. The van der Waals surface area contributed by atoms with E-state index in [1.54, 1.807) is 0 Å². The number of alkyl halides is 3. The highest BCUT2D eigenvalue weighted by Crippen LogP contribution is 2.23. The molecule has 0 unspecified atom stereocenters. The van der Waals surface area contributed by atoms with Gasteiger partial charge in [0.25, 0.3) is 0 Å². The van der Waals surface area contributed by atoms with Crippen LogP contribution in [0.3, 0.4) is 0 Å². The van der Waals surface area contributed by atoms with E-state index >= 15 is 0 Å². The van der Waals surface area contributed by atoms with Crippen LogP contribution in [0.1, 0.15) is 0 Å². The Hall–Kier alpha value is -1.46. The van der Waals surface area contributed by atoms with E-state index in [4.69, 9.17) is 5.73 Å². The predicted molar refractivity (Wildman–Crippen MR) is 45.4 cm³/mol. The van der Waals surface area contributed by atoms with E-state index in [1.165, 1.54) is 12.1 Å². The van der Waals surface area contributed by atoms with Gasteiger partial charge in [0.1, 0.15) is 12.4 Å². The Balaban J connectivity index is 2.73. The highest BCUT2D eigenvalue weighted by Gasteiger charge is 2.26. The van der Waals surface area contributed by atoms with Crippen LogP contribution in [0.5, 0.6) is 0 Å². The van der Waals surface area contributed by atoms with Crippen molar-refractivity contribution in [2.75, 3.05) is 17.6 Å². The quantitative estimate of drug-likeness (QED) is 0.578. The Labute approximate surface area is 77.7 Å². The van der Waals surface area contributed by atoms with Crippen LogP contribution in [-0.4, -0.2) is 12.7 Å². The van der Waals surface area contributed by atoms with Crippen molar-refractivity contribution in [2.24, 2.45) is 0 Å². The summed E-state index contributed by atoms with van der Waals surface area (Å²) in [5.41, 5.74) is 4.85. The molecule has 0 aromatic heterocycles. The van der Waals surface area contributed by atoms with Crippen molar-refractivity contribution in [3.05, 3.63) is 24.0 Å². The molecular weight excluding hydrogens is 200 g/mol. The summed E-state index contributed by atoms with van der Waals surface area (Å²) in [4.78, 5) is 0. The van der Waals surface area contributed by atoms with Gasteiger partial charge < -0.3 is 11.1 Å². The van der Waals surface area contributed by atoms with Crippen LogP contribution in [0.25, 0.3) is 0 Å². The molecule has 0 aliphatic rings. The van der Waals surface area contributed by atoms with E-state index in [1.807, 2.05) is 5.32 Å². The summed E-state index contributed by atoms with van der Waals surface area (Å²) < 4.78 is 48.1. The number of halogens is 4. The van der Waals surface area contributed by atoms with Crippen molar-refractivity contribution < 1.29 is 17.6 Å². The number of hydrogen-bond acceptors (Lipinski definition) is 2. The van der Waals surface area contributed by atoms with Gasteiger partial charge in [-0.3, -0.25) is 0 Å². The lowest BCUT2D eigenvalue weighted by atomic mass is 10.2. The van der Waals surface area contributed by atoms with E-state index in [9.17, 15) is 17.6 Å². The molecule has 1 aromatic rings. The number of anilines is 2. The van der Waals surface area contributed by atoms with Crippen LogP contribution in [0.4, 0.5) is 28.9 Å². The first-order chi connectivity index (χ1) is 6.40. The fourth-order valence-electron chi connectivity index (χ4n) is 0.887. The Morgan fingerprint density at radius 3 is 2.50 bits per heavy atom. The molecule has 0 aliphatic carbocycles. The van der Waals surface area contributed by atoms with Crippen molar-refractivity contribution in [1.82, 2.24) is 0 Å². The summed E-state index contributed by atoms with van der Waals surface area (Å²) in [6.45, 7) is -1.24. The number of benzene rings is 1. The van der Waals surface area contributed by atoms with Crippen molar-refractivity contribution in [3.63, 3.8) is 0 Å². The first-order valence-corrected chi connectivity index (χ1v) is 3.75. The molecule has 0 fully saturated rings. The monoisotopic (exact) mass is 208 g/mol. The lowest BCUT2D eigenvalue weighted by Crippen LogP contribution is -2.21. The van der Waals surface area contributed by atoms with E-state index in [2.05, 4.69) is 0 Å². The molecule has 1 aromatic carbocycles. The lowest BCUT2D eigenvalue weighted by Gasteiger charge is -2.11. The van der Waals surface area contributed by atoms with Gasteiger partial charge >= 0.3 is 6.18 Å². The minimum absolute atomic E-state index is 0.0534. The molecule has 6 heteroatoms. The van der Waals surface area contributed by atoms with Gasteiger partial charge in [-0.2, -0.15) is 13.2 Å². The zero-order chi connectivity index (χ0) is 10.8. The average molecular weight is 208 g/mol. The molecule has 0 spiro atoms. The minimum Gasteiger partial charge on any atom is -0.395 e. The summed E-state index contributed by atoms with van der Waals surface area (Å²) in [5.74, 6) is -0.739. The Kier molecular flexibility index (Phi) is 2.83. The van der Waals surface area contributed by atoms with Crippen molar-refractivity contribution in [1.29, 1.82) is 0 Å². The number of nitrogen functional groups attached to an aromatic ring is 1. The van der Waals surface area contributed by atoms with E-state index in [0.29, 0.717) is 0 Å². The number of para-hydroxylation sites is 1. The van der Waals surface area contributed by atoms with Crippen LogP contribution in [0, 0.1) is 5.82 Å². The van der Waals surface area contributed by atoms with Crippen molar-refractivity contribution in [2.45, 2.75) is 6.18 Å². The number of hydrogen-bond donors (Lipinski definition) is 2. The number of nitrogens with one attached hydrogen (secondary N) is 1. The van der Waals surface area contributed by atoms with Crippen LogP contribution in [-0.2, 0) is 0 Å². The molecule has 1 rings (SSSR count). The maximum Gasteiger partial charge on any atom is 0.405 e. The molecule has 14 heavy (non-hydrogen) atoms. The molecule has 0 atom stereocenters. The maximum absolute atomic E-state index is 12.8. The zero-order valence-electron chi connectivity index (χ0n) is 7.03. The van der Waals surface area contributed by atoms with Gasteiger partial charge in [0.15, 0.2) is 0 Å². The molecule has 3 N–H and O–H groups in total. The van der Waals surface area contributed by atoms with Gasteiger partial charge in [-0.25, -0.2) is 4.39 Å². The first-order valence-electron chi connectivity index (χ1n) is 3.75. The number of rotatable bonds is 2. The fraction of sp³-hybridized carbons (Fsp3) is 0.250. The third-order valence-corrected chi connectivity index (χ3v) is 1.53. The van der Waals surface area contributed by atoms with Gasteiger partial charge in [-0.15, -0.1) is 0 Å². The molecule has 0 bridgehead atoms. The Bertz CT molecular complexity index is 322. The van der Waals surface area contributed by atoms with Gasteiger partial charge in [0.05, 0.1) is 11.4 Å². The average Bonchev–Trinajstić information content (AvgIpc) is 2.06. The van der Waals surface area contributed by atoms with Crippen LogP contribution >= 0.6 is 0 Å². The van der Waals surface area contributed by atoms with Gasteiger partial charge in [0, 0.05) is 0 Å². The van der Waals surface area contributed by atoms with Crippen LogP contribution in [0.15, 0.2) is 18.2 Å². The smallest absolute Gasteiger partial charge is 0.395 e. The largest absolute Gasteiger partial charge is 0.405 e. The fourth-order valence-corrected chi connectivity index (χ4v) is 0.887. The Morgan fingerprint density at radius 1 is 1.29 bits per heavy atom. The summed E-state index contributed by atoms with van der Waals surface area (Å²) in [5, 5.41) is 2.00. The molecule has 0 saturated carbocycles. The summed E-state index contributed by atoms with van der Waals surface area (Å²) in [6.07, 6.45) is -4.35. The second kappa shape index (κ2) is 3.73. The standard InChI is InChI=1S/C8H8F4N2/c9-5-2-1-3-6(7(5)13)14-4-8(10,11)12/h1-3,14H,4,13H2. The third kappa shape index (κ3) is 2.79. The van der Waals surface area contributed by atoms with E-state index in [-0.39, 0.29) is 11.4 Å². The SMILES string of the molecule is Nc1c(F)cccc1NCC(F)(F)F. The predicted octanol–water partition coefficient (Wildman–Crippen LogP) is 2.38. The summed E-state index contributed by atoms with van der Waals surface area (Å²) >= 11 is 0. The molecule has 0 amide bonds. The molecule has 0 radical (unpaired) electrons.